The zero-order valence-corrected chi connectivity index (χ0v) is 30.2. The highest BCUT2D eigenvalue weighted by atomic mass is 19.4. The van der Waals surface area contributed by atoms with Gasteiger partial charge in [-0.2, -0.15) is 13.2 Å². The fourth-order valence-electron chi connectivity index (χ4n) is 5.61. The number of aliphatic hydroxyl groups is 3. The largest absolute Gasteiger partial charge is 0.493 e. The van der Waals surface area contributed by atoms with Gasteiger partial charge in [0.2, 0.25) is 5.91 Å². The van der Waals surface area contributed by atoms with Crippen LogP contribution in [0.15, 0.2) is 66.8 Å². The number of nitrogens with zero attached hydrogens (tertiary/aromatic N) is 1. The summed E-state index contributed by atoms with van der Waals surface area (Å²) in [5.74, 6) is -2.80. The molecule has 1 aliphatic rings. The molecule has 1 aliphatic carbocycles. The minimum absolute atomic E-state index is 0.00785. The zero-order chi connectivity index (χ0) is 40.5. The first-order valence-electron chi connectivity index (χ1n) is 17.4. The summed E-state index contributed by atoms with van der Waals surface area (Å²) in [4.78, 5) is 51.7. The number of hydrogen-bond donors (Lipinski definition) is 4. The first-order chi connectivity index (χ1) is 26.1. The highest BCUT2D eigenvalue weighted by Crippen LogP contribution is 2.36. The molecular weight excluding hydrogens is 737 g/mol. The van der Waals surface area contributed by atoms with E-state index in [0.29, 0.717) is 19.3 Å². The van der Waals surface area contributed by atoms with Gasteiger partial charge in [-0.25, -0.2) is 9.59 Å². The number of unbranched alkanes of at least 4 members (excludes halogenated alkanes) is 1. The van der Waals surface area contributed by atoms with Crippen molar-refractivity contribution in [3.05, 3.63) is 88.0 Å². The van der Waals surface area contributed by atoms with Crippen LogP contribution in [0.25, 0.3) is 0 Å². The summed E-state index contributed by atoms with van der Waals surface area (Å²) in [6.07, 6.45) is 0.880. The molecule has 0 saturated heterocycles. The van der Waals surface area contributed by atoms with Crippen LogP contribution in [0.2, 0.25) is 0 Å². The quantitative estimate of drug-likeness (QED) is 0.0347. The Labute approximate surface area is 314 Å². The van der Waals surface area contributed by atoms with Gasteiger partial charge in [0, 0.05) is 25.2 Å². The van der Waals surface area contributed by atoms with Crippen molar-refractivity contribution in [2.45, 2.75) is 76.0 Å². The van der Waals surface area contributed by atoms with Gasteiger partial charge in [-0.15, -0.1) is 10.1 Å². The van der Waals surface area contributed by atoms with E-state index in [2.05, 4.69) is 10.2 Å². The van der Waals surface area contributed by atoms with Gasteiger partial charge < -0.3 is 44.4 Å². The number of rotatable bonds is 21. The summed E-state index contributed by atoms with van der Waals surface area (Å²) >= 11 is 0. The number of carbonyl (C=O) groups is 3. The van der Waals surface area contributed by atoms with Crippen LogP contribution in [-0.4, -0.2) is 89.5 Å². The number of alkyl halides is 3. The number of carbonyl (C=O) groups excluding carboxylic acids is 3. The third-order valence-corrected chi connectivity index (χ3v) is 8.46. The SMILES string of the molecule is COc1cc(C(=O)OCCCO[N+](=O)[O-])ccc1OC(=O)C(C)NC(=O)CCC/C=C\C[C@@H]1[C@@H](/C=C/[C@@H](O)COc2cccc(C(F)(F)F)c2)[C@H](O)C[C@@H]1O. The van der Waals surface area contributed by atoms with E-state index in [4.69, 9.17) is 18.9 Å². The number of halogens is 3. The fourth-order valence-corrected chi connectivity index (χ4v) is 5.61. The van der Waals surface area contributed by atoms with Gasteiger partial charge in [0.1, 0.15) is 24.5 Å². The lowest BCUT2D eigenvalue weighted by Crippen LogP contribution is -2.40. The molecular formula is C37H45F3N2O13. The fraction of sp³-hybridized carbons (Fsp3) is 0.486. The molecule has 2 aromatic rings. The van der Waals surface area contributed by atoms with E-state index in [9.17, 15) is 53.0 Å². The van der Waals surface area contributed by atoms with Crippen molar-refractivity contribution >= 4 is 17.8 Å². The van der Waals surface area contributed by atoms with Crippen LogP contribution in [0.5, 0.6) is 17.2 Å². The Bertz CT molecular complexity index is 1650. The maximum absolute atomic E-state index is 12.9. The number of ether oxygens (including phenoxy) is 4. The Morgan fingerprint density at radius 1 is 1.05 bits per heavy atom. The zero-order valence-electron chi connectivity index (χ0n) is 30.2. The van der Waals surface area contributed by atoms with E-state index < -0.39 is 64.9 Å². The van der Waals surface area contributed by atoms with Gasteiger partial charge in [-0.05, 0) is 68.5 Å². The van der Waals surface area contributed by atoms with Crippen molar-refractivity contribution in [3.8, 4) is 17.2 Å². The lowest BCUT2D eigenvalue weighted by atomic mass is 9.89. The smallest absolute Gasteiger partial charge is 0.416 e. The normalized spacial score (nSPS) is 19.5. The van der Waals surface area contributed by atoms with Crippen LogP contribution in [-0.2, 0) is 25.3 Å². The van der Waals surface area contributed by atoms with Gasteiger partial charge in [0.25, 0.3) is 5.09 Å². The molecule has 15 nitrogen and oxygen atoms in total. The molecule has 4 N–H and O–H groups in total. The molecule has 1 saturated carbocycles. The van der Waals surface area contributed by atoms with Crippen molar-refractivity contribution in [3.63, 3.8) is 0 Å². The average Bonchev–Trinajstić information content (AvgIpc) is 3.41. The van der Waals surface area contributed by atoms with Crippen LogP contribution in [0, 0.1) is 22.0 Å². The third kappa shape index (κ3) is 14.9. The van der Waals surface area contributed by atoms with Gasteiger partial charge in [0.15, 0.2) is 11.5 Å². The second kappa shape index (κ2) is 21.6. The molecule has 0 spiro atoms. The molecule has 55 heavy (non-hydrogen) atoms. The maximum atomic E-state index is 12.9. The average molecular weight is 783 g/mol. The van der Waals surface area contributed by atoms with E-state index in [1.807, 2.05) is 12.2 Å². The number of amides is 1. The number of hydrogen-bond acceptors (Lipinski definition) is 13. The number of nitrogens with one attached hydrogen (secondary N) is 1. The summed E-state index contributed by atoms with van der Waals surface area (Å²) in [5.41, 5.74) is -0.799. The van der Waals surface area contributed by atoms with Crippen LogP contribution in [0.4, 0.5) is 13.2 Å². The van der Waals surface area contributed by atoms with Crippen molar-refractivity contribution in [2.75, 3.05) is 26.9 Å². The van der Waals surface area contributed by atoms with Gasteiger partial charge in [-0.3, -0.25) is 4.79 Å². The summed E-state index contributed by atoms with van der Waals surface area (Å²) < 4.78 is 59.7. The summed E-state index contributed by atoms with van der Waals surface area (Å²) in [6, 6.07) is 7.20. The molecule has 0 radical (unpaired) electrons. The van der Waals surface area contributed by atoms with E-state index in [0.717, 1.165) is 12.1 Å². The summed E-state index contributed by atoms with van der Waals surface area (Å²) in [7, 11) is 1.30. The van der Waals surface area contributed by atoms with E-state index in [1.165, 1.54) is 50.4 Å². The molecule has 1 amide bonds. The predicted molar refractivity (Wildman–Crippen MR) is 187 cm³/mol. The monoisotopic (exact) mass is 782 g/mol. The first-order valence-corrected chi connectivity index (χ1v) is 17.4. The van der Waals surface area contributed by atoms with Gasteiger partial charge in [0.05, 0.1) is 43.7 Å². The molecule has 2 aromatic carbocycles. The highest BCUT2D eigenvalue weighted by Gasteiger charge is 2.39. The Morgan fingerprint density at radius 3 is 2.53 bits per heavy atom. The molecule has 0 bridgehead atoms. The van der Waals surface area contributed by atoms with E-state index in [1.54, 1.807) is 6.08 Å². The summed E-state index contributed by atoms with van der Waals surface area (Å²) in [6.45, 7) is 0.758. The Balaban J connectivity index is 1.39. The molecule has 1 fully saturated rings. The van der Waals surface area contributed by atoms with E-state index in [-0.39, 0.29) is 67.8 Å². The first kappa shape index (κ1) is 44.2. The second-order valence-corrected chi connectivity index (χ2v) is 12.6. The molecule has 18 heteroatoms. The van der Waals surface area contributed by atoms with Crippen LogP contribution in [0.1, 0.15) is 61.4 Å². The van der Waals surface area contributed by atoms with Crippen molar-refractivity contribution in [2.24, 2.45) is 11.8 Å². The number of benzene rings is 2. The lowest BCUT2D eigenvalue weighted by molar-refractivity contribution is -0.757. The molecule has 6 atom stereocenters. The molecule has 1 unspecified atom stereocenters. The number of allylic oxidation sites excluding steroid dienone is 2. The van der Waals surface area contributed by atoms with E-state index >= 15 is 0 Å². The van der Waals surface area contributed by atoms with Gasteiger partial charge in [-0.1, -0.05) is 30.4 Å². The minimum Gasteiger partial charge on any atom is -0.493 e. The molecule has 0 aliphatic heterocycles. The van der Waals surface area contributed by atoms with Gasteiger partial charge >= 0.3 is 18.1 Å². The standard InChI is InChI=1S/C37H45F3N2O13/c1-23(35(47)55-32-16-13-24(19-33(32)51-2)36(48)52-17-8-18-54-42(49)50)41-34(46)12-6-4-3-5-11-28-29(31(45)21-30(28)44)15-14-26(43)22-53-27-10-7-9-25(20-27)37(38,39)40/h3,5,7,9-10,13-16,19-20,23,26,28-31,43-45H,4,6,8,11-12,17-18,21-22H2,1-2H3,(H,41,46)/b5-3-,15-14+/t23?,26-,28-,29-,30+,31-/m1/s1. The third-order valence-electron chi connectivity index (χ3n) is 8.46. The molecule has 302 valence electrons. The van der Waals surface area contributed by atoms with Crippen molar-refractivity contribution < 1.29 is 71.7 Å². The number of esters is 2. The van der Waals surface area contributed by atoms with Crippen LogP contribution >= 0.6 is 0 Å². The maximum Gasteiger partial charge on any atom is 0.416 e. The predicted octanol–water partition coefficient (Wildman–Crippen LogP) is 4.35. The summed E-state index contributed by atoms with van der Waals surface area (Å²) in [5, 5.41) is 43.1. The molecule has 3 rings (SSSR count). The molecule has 0 aromatic heterocycles. The second-order valence-electron chi connectivity index (χ2n) is 12.6. The topological polar surface area (TPSA) is 213 Å². The minimum atomic E-state index is -4.53. The Morgan fingerprint density at radius 2 is 1.82 bits per heavy atom. The van der Waals surface area contributed by atoms with Crippen LogP contribution in [0.3, 0.4) is 0 Å². The highest BCUT2D eigenvalue weighted by molar-refractivity contribution is 5.90. The lowest BCUT2D eigenvalue weighted by Gasteiger charge is -2.19. The van der Waals surface area contributed by atoms with Crippen molar-refractivity contribution in [1.29, 1.82) is 0 Å². The number of methoxy groups -OCH3 is 1. The van der Waals surface area contributed by atoms with Crippen LogP contribution < -0.4 is 19.5 Å². The van der Waals surface area contributed by atoms with Crippen molar-refractivity contribution in [1.82, 2.24) is 5.32 Å². The Hall–Kier alpha value is -5.20. The molecule has 0 heterocycles. The number of aliphatic hydroxyl groups excluding tert-OH is 3. The Kier molecular flexibility index (Phi) is 17.4.